The van der Waals surface area contributed by atoms with E-state index >= 15 is 0 Å². The van der Waals surface area contributed by atoms with E-state index in [1.165, 1.54) is 0 Å². The SMILES string of the molecule is CC1CNCCC12CN=C(N)N2c1ccc(Cl)c(Br)c1. The molecule has 20 heavy (non-hydrogen) atoms. The van der Waals surface area contributed by atoms with E-state index in [0.717, 1.165) is 36.2 Å². The Kier molecular flexibility index (Phi) is 3.69. The lowest BCUT2D eigenvalue weighted by Gasteiger charge is -2.46. The standard InChI is InChI=1S/C14H18BrClN4/c1-9-7-18-5-4-14(9)8-19-13(17)20(14)10-2-3-12(16)11(15)6-10/h2-3,6,9,18H,4-5,7-8H2,1H3,(H2,17,19). The molecule has 0 aromatic heterocycles. The number of piperidine rings is 1. The lowest BCUT2D eigenvalue weighted by molar-refractivity contribution is 0.240. The first kappa shape index (κ1) is 14.2. The summed E-state index contributed by atoms with van der Waals surface area (Å²) in [5.41, 5.74) is 7.21. The maximum atomic E-state index is 6.17. The molecule has 4 nitrogen and oxygen atoms in total. The summed E-state index contributed by atoms with van der Waals surface area (Å²) >= 11 is 9.58. The Labute approximate surface area is 132 Å². The Balaban J connectivity index is 2.03. The van der Waals surface area contributed by atoms with Crippen molar-refractivity contribution >= 4 is 39.2 Å². The number of nitrogens with two attached hydrogens (primary N) is 1. The number of nitrogens with zero attached hydrogens (tertiary/aromatic N) is 2. The molecule has 2 unspecified atom stereocenters. The predicted octanol–water partition coefficient (Wildman–Crippen LogP) is 2.61. The molecule has 1 saturated heterocycles. The summed E-state index contributed by atoms with van der Waals surface area (Å²) in [7, 11) is 0. The quantitative estimate of drug-likeness (QED) is 0.812. The molecule has 1 spiro atoms. The van der Waals surface area contributed by atoms with Gasteiger partial charge in [0.2, 0.25) is 0 Å². The summed E-state index contributed by atoms with van der Waals surface area (Å²) in [4.78, 5) is 6.71. The molecule has 2 heterocycles. The lowest BCUT2D eigenvalue weighted by Crippen LogP contribution is -2.61. The van der Waals surface area contributed by atoms with Gasteiger partial charge in [0.1, 0.15) is 0 Å². The summed E-state index contributed by atoms with van der Waals surface area (Å²) in [5, 5.41) is 4.15. The van der Waals surface area contributed by atoms with Gasteiger partial charge in [-0.1, -0.05) is 18.5 Å². The topological polar surface area (TPSA) is 53.6 Å². The van der Waals surface area contributed by atoms with Gasteiger partial charge in [0.15, 0.2) is 5.96 Å². The van der Waals surface area contributed by atoms with Crippen LogP contribution in [0.5, 0.6) is 0 Å². The van der Waals surface area contributed by atoms with E-state index in [9.17, 15) is 0 Å². The third-order valence-electron chi connectivity index (χ3n) is 4.45. The van der Waals surface area contributed by atoms with E-state index in [-0.39, 0.29) is 5.54 Å². The first-order valence-electron chi connectivity index (χ1n) is 6.80. The van der Waals surface area contributed by atoms with Crippen LogP contribution in [0.25, 0.3) is 0 Å². The maximum Gasteiger partial charge on any atom is 0.196 e. The van der Waals surface area contributed by atoms with E-state index in [1.807, 2.05) is 18.2 Å². The summed E-state index contributed by atoms with van der Waals surface area (Å²) in [5.74, 6) is 1.09. The van der Waals surface area contributed by atoms with Gasteiger partial charge in [-0.25, -0.2) is 0 Å². The number of halogens is 2. The van der Waals surface area contributed by atoms with Gasteiger partial charge in [0, 0.05) is 16.7 Å². The number of aliphatic imine (C=N–C) groups is 1. The molecule has 3 rings (SSSR count). The van der Waals surface area contributed by atoms with Crippen LogP contribution >= 0.6 is 27.5 Å². The highest BCUT2D eigenvalue weighted by Gasteiger charge is 2.48. The highest BCUT2D eigenvalue weighted by Crippen LogP contribution is 2.40. The number of benzene rings is 1. The van der Waals surface area contributed by atoms with E-state index in [4.69, 9.17) is 17.3 Å². The molecule has 0 aliphatic carbocycles. The van der Waals surface area contributed by atoms with E-state index in [2.05, 4.69) is 38.1 Å². The zero-order valence-corrected chi connectivity index (χ0v) is 13.7. The minimum absolute atomic E-state index is 0.0113. The molecule has 0 bridgehead atoms. The minimum atomic E-state index is -0.0113. The van der Waals surface area contributed by atoms with Crippen molar-refractivity contribution in [3.8, 4) is 0 Å². The molecule has 0 saturated carbocycles. The lowest BCUT2D eigenvalue weighted by atomic mass is 9.78. The first-order valence-corrected chi connectivity index (χ1v) is 7.97. The molecular weight excluding hydrogens is 340 g/mol. The van der Waals surface area contributed by atoms with Crippen molar-refractivity contribution in [2.45, 2.75) is 18.9 Å². The van der Waals surface area contributed by atoms with E-state index in [1.54, 1.807) is 0 Å². The molecule has 0 amide bonds. The van der Waals surface area contributed by atoms with Crippen LogP contribution in [0.3, 0.4) is 0 Å². The van der Waals surface area contributed by atoms with Gasteiger partial charge in [0.25, 0.3) is 0 Å². The summed E-state index contributed by atoms with van der Waals surface area (Å²) in [6, 6.07) is 5.93. The largest absolute Gasteiger partial charge is 0.369 e. The second-order valence-corrected chi connectivity index (χ2v) is 6.83. The number of rotatable bonds is 1. The normalized spacial score (nSPS) is 29.9. The molecule has 2 aliphatic heterocycles. The van der Waals surface area contributed by atoms with Crippen LogP contribution in [0, 0.1) is 5.92 Å². The summed E-state index contributed by atoms with van der Waals surface area (Å²) < 4.78 is 0.883. The summed E-state index contributed by atoms with van der Waals surface area (Å²) in [6.07, 6.45) is 1.04. The number of hydrogen-bond donors (Lipinski definition) is 2. The molecule has 6 heteroatoms. The second-order valence-electron chi connectivity index (χ2n) is 5.57. The average molecular weight is 358 g/mol. The van der Waals surface area contributed by atoms with E-state index in [0.29, 0.717) is 16.9 Å². The van der Waals surface area contributed by atoms with Gasteiger partial charge < -0.3 is 16.0 Å². The number of guanidine groups is 1. The fraction of sp³-hybridized carbons (Fsp3) is 0.500. The van der Waals surface area contributed by atoms with Crippen LogP contribution in [0.15, 0.2) is 27.7 Å². The van der Waals surface area contributed by atoms with E-state index < -0.39 is 0 Å². The zero-order valence-electron chi connectivity index (χ0n) is 11.4. The van der Waals surface area contributed by atoms with Crippen LogP contribution in [-0.4, -0.2) is 31.1 Å². The van der Waals surface area contributed by atoms with Crippen molar-refractivity contribution in [3.05, 3.63) is 27.7 Å². The number of nitrogens with one attached hydrogen (secondary N) is 1. The van der Waals surface area contributed by atoms with Crippen LogP contribution in [0.4, 0.5) is 5.69 Å². The highest BCUT2D eigenvalue weighted by molar-refractivity contribution is 9.10. The van der Waals surface area contributed by atoms with Crippen LogP contribution < -0.4 is 16.0 Å². The average Bonchev–Trinajstić information content (AvgIpc) is 2.75. The predicted molar refractivity (Wildman–Crippen MR) is 87.5 cm³/mol. The van der Waals surface area contributed by atoms with Crippen molar-refractivity contribution in [3.63, 3.8) is 0 Å². The molecular formula is C14H18BrClN4. The molecule has 1 aromatic rings. The zero-order chi connectivity index (χ0) is 14.3. The maximum absolute atomic E-state index is 6.17. The van der Waals surface area contributed by atoms with Gasteiger partial charge in [-0.2, -0.15) is 0 Å². The number of anilines is 1. The van der Waals surface area contributed by atoms with Crippen molar-refractivity contribution in [1.82, 2.24) is 5.32 Å². The first-order chi connectivity index (χ1) is 9.54. The van der Waals surface area contributed by atoms with Crippen molar-refractivity contribution in [1.29, 1.82) is 0 Å². The molecule has 1 fully saturated rings. The Bertz CT molecular complexity index is 562. The molecule has 2 atom stereocenters. The van der Waals surface area contributed by atoms with Gasteiger partial charge in [-0.15, -0.1) is 0 Å². The van der Waals surface area contributed by atoms with Crippen LogP contribution in [0.1, 0.15) is 13.3 Å². The fourth-order valence-electron chi connectivity index (χ4n) is 3.23. The molecule has 1 aromatic carbocycles. The molecule has 2 aliphatic rings. The Morgan fingerprint density at radius 2 is 2.35 bits per heavy atom. The van der Waals surface area contributed by atoms with Gasteiger partial charge in [0.05, 0.1) is 17.1 Å². The highest BCUT2D eigenvalue weighted by atomic mass is 79.9. The minimum Gasteiger partial charge on any atom is -0.369 e. The van der Waals surface area contributed by atoms with Crippen molar-refractivity contribution in [2.24, 2.45) is 16.6 Å². The van der Waals surface area contributed by atoms with Gasteiger partial charge in [-0.05, 0) is 53.0 Å². The fourth-order valence-corrected chi connectivity index (χ4v) is 3.71. The number of hydrogen-bond acceptors (Lipinski definition) is 4. The Hall–Kier alpha value is -0.780. The van der Waals surface area contributed by atoms with Gasteiger partial charge >= 0.3 is 0 Å². The van der Waals surface area contributed by atoms with Crippen LogP contribution in [0.2, 0.25) is 5.02 Å². The molecule has 108 valence electrons. The summed E-state index contributed by atoms with van der Waals surface area (Å²) in [6.45, 7) is 5.02. The van der Waals surface area contributed by atoms with Crippen molar-refractivity contribution in [2.75, 3.05) is 24.5 Å². The monoisotopic (exact) mass is 356 g/mol. The second kappa shape index (κ2) is 5.20. The van der Waals surface area contributed by atoms with Crippen LogP contribution in [-0.2, 0) is 0 Å². The third kappa shape index (κ3) is 2.12. The molecule has 0 radical (unpaired) electrons. The molecule has 3 N–H and O–H groups in total. The smallest absolute Gasteiger partial charge is 0.196 e. The Morgan fingerprint density at radius 1 is 1.55 bits per heavy atom. The van der Waals surface area contributed by atoms with Gasteiger partial charge in [-0.3, -0.25) is 4.99 Å². The Morgan fingerprint density at radius 3 is 3.05 bits per heavy atom. The third-order valence-corrected chi connectivity index (χ3v) is 5.67. The van der Waals surface area contributed by atoms with Crippen molar-refractivity contribution < 1.29 is 0 Å².